The smallest absolute Gasteiger partial charge is 0.318 e. The number of benzene rings is 6. The summed E-state index contributed by atoms with van der Waals surface area (Å²) in [5.74, 6) is -0.264. The van der Waals surface area contributed by atoms with Gasteiger partial charge in [-0.2, -0.15) is 0 Å². The first-order valence-corrected chi connectivity index (χ1v) is 22.0. The second kappa shape index (κ2) is 18.0. The molecule has 0 radical (unpaired) electrons. The molecule has 3 aliphatic carbocycles. The van der Waals surface area contributed by atoms with E-state index in [0.29, 0.717) is 49.8 Å². The van der Waals surface area contributed by atoms with Crippen LogP contribution in [-0.4, -0.2) is 45.2 Å². The Bertz CT molecular complexity index is 2530. The molecule has 0 aromatic heterocycles. The number of fused-ring (bicyclic) bond motifs is 9. The summed E-state index contributed by atoms with van der Waals surface area (Å²) < 4.78 is 0. The molecule has 0 heterocycles. The number of nitrogens with zero attached hydrogens (tertiary/aromatic N) is 1. The standard InChI is InChI=1S/C55H58N2O4/c1-38-16-15-32-54(3)51(48-30-28-40(34-45(58)29-27-38)35-50(48)52(59)49-26-13-12-25-47(49)43-19-8-5-9-20-43)31-33-55(54,61)37-57(53(60)56-39(2)41-17-6-4-7-18-41)36-44-23-14-22-42-21-10-11-24-46(42)44/h4-14,16-26,28,30,35,39,45,51,58,61H,15,27,29,31-34,36-37H2,1-3H3,(H,56,60). The third kappa shape index (κ3) is 8.84. The first-order valence-electron chi connectivity index (χ1n) is 22.0. The van der Waals surface area contributed by atoms with E-state index in [1.54, 1.807) is 0 Å². The number of hydrogen-bond acceptors (Lipinski definition) is 4. The molecule has 5 unspecified atom stereocenters. The number of hydrogen-bond donors (Lipinski definition) is 3. The maximum absolute atomic E-state index is 15.2. The van der Waals surface area contributed by atoms with Crippen molar-refractivity contribution in [3.05, 3.63) is 191 Å². The monoisotopic (exact) mass is 810 g/mol. The molecule has 1 fully saturated rings. The van der Waals surface area contributed by atoms with Crippen molar-refractivity contribution < 1.29 is 19.8 Å². The van der Waals surface area contributed by atoms with Crippen molar-refractivity contribution in [1.29, 1.82) is 0 Å². The van der Waals surface area contributed by atoms with Gasteiger partial charge in [0.15, 0.2) is 5.78 Å². The highest BCUT2D eigenvalue weighted by Crippen LogP contribution is 2.59. The summed E-state index contributed by atoms with van der Waals surface area (Å²) in [6.45, 7) is 6.73. The number of rotatable bonds is 9. The van der Waals surface area contributed by atoms with Gasteiger partial charge >= 0.3 is 6.03 Å². The molecule has 9 rings (SSSR count). The normalized spacial score (nSPS) is 22.1. The van der Waals surface area contributed by atoms with Crippen molar-refractivity contribution in [3.63, 3.8) is 0 Å². The van der Waals surface area contributed by atoms with Crippen LogP contribution < -0.4 is 5.32 Å². The van der Waals surface area contributed by atoms with E-state index in [1.165, 1.54) is 5.57 Å². The maximum Gasteiger partial charge on any atom is 0.318 e. The fourth-order valence-corrected chi connectivity index (χ4v) is 10.1. The fourth-order valence-electron chi connectivity index (χ4n) is 10.1. The average molecular weight is 811 g/mol. The molecular formula is C55H58N2O4. The Morgan fingerprint density at radius 3 is 2.31 bits per heavy atom. The van der Waals surface area contributed by atoms with E-state index >= 15 is 4.79 Å². The Balaban J connectivity index is 1.22. The quantitative estimate of drug-likeness (QED) is 0.100. The molecule has 3 N–H and O–H groups in total. The first kappa shape index (κ1) is 41.9. The zero-order valence-corrected chi connectivity index (χ0v) is 35.7. The van der Waals surface area contributed by atoms with E-state index in [9.17, 15) is 15.0 Å². The summed E-state index contributed by atoms with van der Waals surface area (Å²) in [6.07, 6.45) is 6.00. The number of amides is 2. The number of urea groups is 1. The molecule has 0 saturated heterocycles. The molecule has 0 aliphatic heterocycles. The van der Waals surface area contributed by atoms with E-state index in [4.69, 9.17) is 0 Å². The molecule has 6 aromatic rings. The minimum atomic E-state index is -1.30. The average Bonchev–Trinajstić information content (AvgIpc) is 3.53. The van der Waals surface area contributed by atoms with Crippen LogP contribution in [0.15, 0.2) is 157 Å². The van der Waals surface area contributed by atoms with Gasteiger partial charge in [-0.1, -0.05) is 158 Å². The second-order valence-electron chi connectivity index (χ2n) is 17.8. The van der Waals surface area contributed by atoms with Gasteiger partial charge in [-0.15, -0.1) is 0 Å². The Labute approximate surface area is 361 Å². The highest BCUT2D eigenvalue weighted by atomic mass is 16.3. The number of carbonyl (C=O) groups is 2. The lowest BCUT2D eigenvalue weighted by molar-refractivity contribution is -0.0780. The largest absolute Gasteiger partial charge is 0.393 e. The predicted molar refractivity (Wildman–Crippen MR) is 246 cm³/mol. The zero-order chi connectivity index (χ0) is 42.6. The first-order chi connectivity index (χ1) is 29.5. The molecule has 0 spiro atoms. The topological polar surface area (TPSA) is 89.9 Å². The molecule has 3 aliphatic rings. The van der Waals surface area contributed by atoms with Gasteiger partial charge < -0.3 is 20.4 Å². The molecule has 6 nitrogen and oxygen atoms in total. The molecule has 2 amide bonds. The van der Waals surface area contributed by atoms with Crippen molar-refractivity contribution >= 4 is 22.6 Å². The van der Waals surface area contributed by atoms with Crippen molar-refractivity contribution in [1.82, 2.24) is 10.2 Å². The molecule has 5 atom stereocenters. The van der Waals surface area contributed by atoms with Gasteiger partial charge in [-0.3, -0.25) is 4.79 Å². The van der Waals surface area contributed by atoms with E-state index < -0.39 is 17.1 Å². The highest BCUT2D eigenvalue weighted by molar-refractivity contribution is 6.14. The van der Waals surface area contributed by atoms with Gasteiger partial charge in [-0.25, -0.2) is 4.79 Å². The molecule has 61 heavy (non-hydrogen) atoms. The molecule has 1 saturated carbocycles. The molecule has 6 aromatic carbocycles. The van der Waals surface area contributed by atoms with E-state index in [2.05, 4.69) is 61.6 Å². The van der Waals surface area contributed by atoms with Gasteiger partial charge in [-0.05, 0) is 115 Å². The third-order valence-corrected chi connectivity index (χ3v) is 13.8. The number of aliphatic hydroxyl groups excluding tert-OH is 1. The third-order valence-electron chi connectivity index (χ3n) is 13.8. The van der Waals surface area contributed by atoms with Crippen LogP contribution in [0.5, 0.6) is 0 Å². The van der Waals surface area contributed by atoms with Crippen LogP contribution >= 0.6 is 0 Å². The van der Waals surface area contributed by atoms with E-state index in [1.807, 2.05) is 121 Å². The summed E-state index contributed by atoms with van der Waals surface area (Å²) >= 11 is 0. The number of carbonyl (C=O) groups excluding carboxylic acids is 2. The Kier molecular flexibility index (Phi) is 12.4. The molecule has 312 valence electrons. The van der Waals surface area contributed by atoms with Crippen LogP contribution in [0.2, 0.25) is 0 Å². The maximum atomic E-state index is 15.2. The number of allylic oxidation sites excluding steroid dienone is 2. The number of ketones is 1. The van der Waals surface area contributed by atoms with Crippen molar-refractivity contribution in [2.24, 2.45) is 5.41 Å². The van der Waals surface area contributed by atoms with Crippen LogP contribution in [0.4, 0.5) is 4.79 Å². The minimum Gasteiger partial charge on any atom is -0.393 e. The lowest BCUT2D eigenvalue weighted by Crippen LogP contribution is -2.55. The van der Waals surface area contributed by atoms with Gasteiger partial charge in [0.05, 0.1) is 24.3 Å². The van der Waals surface area contributed by atoms with Crippen LogP contribution in [0.3, 0.4) is 0 Å². The van der Waals surface area contributed by atoms with Gasteiger partial charge in [0.25, 0.3) is 0 Å². The summed E-state index contributed by atoms with van der Waals surface area (Å²) in [7, 11) is 0. The van der Waals surface area contributed by atoms with Crippen LogP contribution in [0.1, 0.15) is 109 Å². The van der Waals surface area contributed by atoms with Gasteiger partial charge in [0.1, 0.15) is 0 Å². The van der Waals surface area contributed by atoms with Crippen LogP contribution in [0.25, 0.3) is 21.9 Å². The Hall–Kier alpha value is -5.82. The van der Waals surface area contributed by atoms with Crippen molar-refractivity contribution in [2.75, 3.05) is 6.54 Å². The lowest BCUT2D eigenvalue weighted by atomic mass is 9.64. The SMILES string of the molecule is CC1=CCCC2(C)C(CCC2(O)CN(Cc2cccc3ccccc23)C(=O)NC(C)c2ccccc2)c2ccc(cc2C(=O)c2ccccc2-c2ccccc2)CC(O)CC1. The number of aliphatic hydroxyl groups is 2. The molecular weight excluding hydrogens is 753 g/mol. The molecule has 2 bridgehead atoms. The van der Waals surface area contributed by atoms with Crippen LogP contribution in [0, 0.1) is 5.41 Å². The van der Waals surface area contributed by atoms with Gasteiger partial charge in [0.2, 0.25) is 0 Å². The van der Waals surface area contributed by atoms with Crippen LogP contribution in [-0.2, 0) is 13.0 Å². The molecule has 6 heteroatoms. The summed E-state index contributed by atoms with van der Waals surface area (Å²) in [4.78, 5) is 31.7. The van der Waals surface area contributed by atoms with Crippen molar-refractivity contribution in [2.45, 2.75) is 95.9 Å². The zero-order valence-electron chi connectivity index (χ0n) is 35.7. The lowest BCUT2D eigenvalue weighted by Gasteiger charge is -2.46. The number of nitrogens with one attached hydrogen (secondary N) is 1. The highest BCUT2D eigenvalue weighted by Gasteiger charge is 2.57. The summed E-state index contributed by atoms with van der Waals surface area (Å²) in [6, 6.07) is 47.9. The van der Waals surface area contributed by atoms with Gasteiger partial charge in [0, 0.05) is 23.1 Å². The second-order valence-corrected chi connectivity index (χ2v) is 17.8. The summed E-state index contributed by atoms with van der Waals surface area (Å²) in [5.41, 5.74) is 6.08. The fraction of sp³-hybridized carbons (Fsp3) is 0.309. The van der Waals surface area contributed by atoms with E-state index in [-0.39, 0.29) is 30.3 Å². The predicted octanol–water partition coefficient (Wildman–Crippen LogP) is 11.7. The Morgan fingerprint density at radius 1 is 0.803 bits per heavy atom. The Morgan fingerprint density at radius 2 is 1.51 bits per heavy atom. The minimum absolute atomic E-state index is 0.0710. The summed E-state index contributed by atoms with van der Waals surface area (Å²) in [5, 5.41) is 30.1. The van der Waals surface area contributed by atoms with E-state index in [0.717, 1.165) is 57.0 Å². The van der Waals surface area contributed by atoms with Crippen molar-refractivity contribution in [3.8, 4) is 11.1 Å².